The summed E-state index contributed by atoms with van der Waals surface area (Å²) in [5.74, 6) is 0.426. The van der Waals surface area contributed by atoms with Crippen molar-refractivity contribution in [3.05, 3.63) is 65.2 Å². The van der Waals surface area contributed by atoms with E-state index in [1.165, 1.54) is 5.56 Å². The molecule has 0 aromatic heterocycles. The predicted octanol–water partition coefficient (Wildman–Crippen LogP) is 5.87. The molecule has 3 N–H and O–H groups in total. The van der Waals surface area contributed by atoms with Crippen LogP contribution < -0.4 is 4.74 Å². The highest BCUT2D eigenvalue weighted by atomic mass is 28.4. The van der Waals surface area contributed by atoms with E-state index in [1.54, 1.807) is 7.11 Å². The van der Waals surface area contributed by atoms with Gasteiger partial charge in [0.05, 0.1) is 25.9 Å². The average molecular weight is 503 g/mol. The summed E-state index contributed by atoms with van der Waals surface area (Å²) in [5.41, 5.74) is 4.32. The highest BCUT2D eigenvalue weighted by Crippen LogP contribution is 2.47. The summed E-state index contributed by atoms with van der Waals surface area (Å²) in [6.07, 6.45) is -0.319. The van der Waals surface area contributed by atoms with Crippen LogP contribution in [0.25, 0.3) is 0 Å². The Morgan fingerprint density at radius 2 is 1.43 bits per heavy atom. The van der Waals surface area contributed by atoms with Crippen molar-refractivity contribution in [2.45, 2.75) is 83.2 Å². The lowest BCUT2D eigenvalue weighted by atomic mass is 9.90. The van der Waals surface area contributed by atoms with Crippen LogP contribution in [0.4, 0.5) is 0 Å². The largest absolute Gasteiger partial charge is 0.496 e. The molecule has 0 bridgehead atoms. The molecule has 35 heavy (non-hydrogen) atoms. The summed E-state index contributed by atoms with van der Waals surface area (Å²) in [6.45, 7) is 12.9. The van der Waals surface area contributed by atoms with Gasteiger partial charge in [-0.2, -0.15) is 0 Å². The van der Waals surface area contributed by atoms with Crippen LogP contribution in [-0.4, -0.2) is 50.1 Å². The Balaban J connectivity index is 2.56. The molecule has 0 fully saturated rings. The lowest BCUT2D eigenvalue weighted by molar-refractivity contribution is 0.0147. The van der Waals surface area contributed by atoms with Crippen molar-refractivity contribution in [1.29, 1.82) is 0 Å². The van der Waals surface area contributed by atoms with E-state index in [4.69, 9.17) is 9.16 Å². The number of methoxy groups -OCH3 is 1. The smallest absolute Gasteiger partial charge is 0.201 e. The van der Waals surface area contributed by atoms with Gasteiger partial charge in [0.25, 0.3) is 0 Å². The second-order valence-corrected chi connectivity index (χ2v) is 16.0. The lowest BCUT2D eigenvalue weighted by Gasteiger charge is -2.46. The zero-order valence-corrected chi connectivity index (χ0v) is 23.6. The van der Waals surface area contributed by atoms with Gasteiger partial charge >= 0.3 is 0 Å². The summed E-state index contributed by atoms with van der Waals surface area (Å²) < 4.78 is 13.0. The SMILES string of the molecule is COc1cc([C@@H](O[Si](C(C)C)(C(C)C)C(C)C)[C@@H](CO)C[C@H](O)CO)ccc1Cc1ccccc1. The van der Waals surface area contributed by atoms with E-state index in [-0.39, 0.29) is 25.6 Å². The number of rotatable bonds is 14. The van der Waals surface area contributed by atoms with Crippen molar-refractivity contribution >= 4 is 8.32 Å². The van der Waals surface area contributed by atoms with Gasteiger partial charge in [-0.15, -0.1) is 0 Å². The van der Waals surface area contributed by atoms with E-state index in [1.807, 2.05) is 24.3 Å². The monoisotopic (exact) mass is 502 g/mol. The number of aliphatic hydroxyl groups excluding tert-OH is 3. The molecule has 2 rings (SSSR count). The third-order valence-corrected chi connectivity index (χ3v) is 13.4. The summed E-state index contributed by atoms with van der Waals surface area (Å²) in [7, 11) is -0.633. The molecule has 0 radical (unpaired) electrons. The van der Waals surface area contributed by atoms with Crippen molar-refractivity contribution in [3.63, 3.8) is 0 Å². The van der Waals surface area contributed by atoms with Gasteiger partial charge in [0, 0.05) is 18.9 Å². The maximum absolute atomic E-state index is 10.4. The first kappa shape index (κ1) is 29.5. The second-order valence-electron chi connectivity index (χ2n) is 10.6. The maximum atomic E-state index is 10.4. The minimum Gasteiger partial charge on any atom is -0.496 e. The minimum atomic E-state index is -2.31. The summed E-state index contributed by atoms with van der Waals surface area (Å²) in [4.78, 5) is 0. The van der Waals surface area contributed by atoms with E-state index in [0.717, 1.165) is 23.3 Å². The highest BCUT2D eigenvalue weighted by Gasteiger charge is 2.48. The number of ether oxygens (including phenoxy) is 1. The summed E-state index contributed by atoms with van der Waals surface area (Å²) >= 11 is 0. The third-order valence-electron chi connectivity index (χ3n) is 7.36. The quantitative estimate of drug-likeness (QED) is 0.282. The van der Waals surface area contributed by atoms with E-state index < -0.39 is 20.5 Å². The Labute approximate surface area is 213 Å². The average Bonchev–Trinajstić information content (AvgIpc) is 2.83. The zero-order valence-electron chi connectivity index (χ0n) is 22.6. The van der Waals surface area contributed by atoms with E-state index >= 15 is 0 Å². The van der Waals surface area contributed by atoms with Crippen molar-refractivity contribution in [2.24, 2.45) is 5.92 Å². The molecule has 0 heterocycles. The number of hydrogen-bond donors (Lipinski definition) is 3. The Bertz CT molecular complexity index is 862. The number of benzene rings is 2. The topological polar surface area (TPSA) is 79.2 Å². The second kappa shape index (κ2) is 13.6. The first-order valence-corrected chi connectivity index (χ1v) is 15.0. The van der Waals surface area contributed by atoms with Crippen LogP contribution in [0, 0.1) is 5.92 Å². The fraction of sp³-hybridized carbons (Fsp3) is 0.586. The Morgan fingerprint density at radius 3 is 1.91 bits per heavy atom. The Hall–Kier alpha value is -1.70. The predicted molar refractivity (Wildman–Crippen MR) is 145 cm³/mol. The van der Waals surface area contributed by atoms with Crippen molar-refractivity contribution in [1.82, 2.24) is 0 Å². The van der Waals surface area contributed by atoms with Gasteiger partial charge in [-0.3, -0.25) is 0 Å². The molecule has 2 aromatic carbocycles. The third kappa shape index (κ3) is 7.17. The van der Waals surface area contributed by atoms with E-state index in [2.05, 4.69) is 65.8 Å². The van der Waals surface area contributed by atoms with Crippen LogP contribution in [0.1, 0.15) is 70.8 Å². The molecule has 6 heteroatoms. The maximum Gasteiger partial charge on any atom is 0.201 e. The van der Waals surface area contributed by atoms with Gasteiger partial charge in [-0.05, 0) is 45.8 Å². The first-order chi connectivity index (χ1) is 16.6. The van der Waals surface area contributed by atoms with E-state index in [0.29, 0.717) is 16.6 Å². The van der Waals surface area contributed by atoms with Crippen LogP contribution in [0.3, 0.4) is 0 Å². The molecule has 5 nitrogen and oxygen atoms in total. The highest BCUT2D eigenvalue weighted by molar-refractivity contribution is 6.77. The Kier molecular flexibility index (Phi) is 11.4. The summed E-state index contributed by atoms with van der Waals surface area (Å²) in [5, 5.41) is 30.2. The standard InChI is InChI=1S/C29H46O5Si/c1-20(2)35(21(3)4,22(5)6)34-29(26(18-30)16-27(32)19-31)25-14-13-24(28(17-25)33-7)15-23-11-9-8-10-12-23/h8-14,17,20-22,26-27,29-32H,15-16,18-19H2,1-7H3/t26-,27+,29-/m1/s1. The molecular formula is C29H46O5Si. The summed E-state index contributed by atoms with van der Waals surface area (Å²) in [6, 6.07) is 16.5. The molecule has 3 atom stereocenters. The van der Waals surface area contributed by atoms with Gasteiger partial charge in [0.1, 0.15) is 5.75 Å². The molecule has 196 valence electrons. The van der Waals surface area contributed by atoms with Crippen LogP contribution in [0.2, 0.25) is 16.6 Å². The molecule has 0 aliphatic carbocycles. The van der Waals surface area contributed by atoms with Gasteiger partial charge in [0.15, 0.2) is 0 Å². The van der Waals surface area contributed by atoms with Crippen LogP contribution in [-0.2, 0) is 10.8 Å². The van der Waals surface area contributed by atoms with Crippen molar-refractivity contribution in [3.8, 4) is 5.75 Å². The molecule has 0 amide bonds. The minimum absolute atomic E-state index is 0.144. The first-order valence-electron chi connectivity index (χ1n) is 12.9. The molecule has 0 aliphatic rings. The van der Waals surface area contributed by atoms with Crippen molar-refractivity contribution in [2.75, 3.05) is 20.3 Å². The van der Waals surface area contributed by atoms with Gasteiger partial charge in [-0.1, -0.05) is 84.0 Å². The van der Waals surface area contributed by atoms with Crippen molar-refractivity contribution < 1.29 is 24.5 Å². The lowest BCUT2D eigenvalue weighted by Crippen LogP contribution is -2.49. The van der Waals surface area contributed by atoms with Crippen LogP contribution in [0.5, 0.6) is 5.75 Å². The van der Waals surface area contributed by atoms with Gasteiger partial charge in [-0.25, -0.2) is 0 Å². The van der Waals surface area contributed by atoms with E-state index in [9.17, 15) is 15.3 Å². The number of aliphatic hydroxyl groups is 3. The molecule has 0 unspecified atom stereocenters. The fourth-order valence-corrected chi connectivity index (χ4v) is 11.3. The van der Waals surface area contributed by atoms with Crippen LogP contribution in [0.15, 0.2) is 48.5 Å². The zero-order chi connectivity index (χ0) is 26.2. The van der Waals surface area contributed by atoms with Gasteiger partial charge in [0.2, 0.25) is 8.32 Å². The molecule has 2 aromatic rings. The molecule has 0 aliphatic heterocycles. The molecule has 0 saturated heterocycles. The molecule has 0 saturated carbocycles. The van der Waals surface area contributed by atoms with Crippen LogP contribution >= 0.6 is 0 Å². The molecular weight excluding hydrogens is 456 g/mol. The molecule has 0 spiro atoms. The van der Waals surface area contributed by atoms with Gasteiger partial charge < -0.3 is 24.5 Å². The fourth-order valence-electron chi connectivity index (χ4n) is 5.68. The Morgan fingerprint density at radius 1 is 0.829 bits per heavy atom. The number of hydrogen-bond acceptors (Lipinski definition) is 5. The normalized spacial score (nSPS) is 15.0.